The van der Waals surface area contributed by atoms with Gasteiger partial charge in [0.25, 0.3) is 11.8 Å². The molecule has 4 aromatic rings. The van der Waals surface area contributed by atoms with Crippen molar-refractivity contribution < 1.29 is 9.59 Å². The molecule has 0 radical (unpaired) electrons. The maximum atomic E-state index is 12.9. The van der Waals surface area contributed by atoms with Crippen LogP contribution >= 0.6 is 34.0 Å². The molecule has 2 amide bonds. The summed E-state index contributed by atoms with van der Waals surface area (Å²) in [6.45, 7) is 2.35. The molecule has 0 saturated carbocycles. The van der Waals surface area contributed by atoms with Crippen LogP contribution < -0.4 is 0 Å². The van der Waals surface area contributed by atoms with Gasteiger partial charge in [0.1, 0.15) is 0 Å². The minimum absolute atomic E-state index is 0.0696. The van der Waals surface area contributed by atoms with Crippen molar-refractivity contribution >= 4 is 65.3 Å². The van der Waals surface area contributed by atoms with Gasteiger partial charge in [0.05, 0.1) is 14.5 Å². The third-order valence-electron chi connectivity index (χ3n) is 4.85. The second kappa shape index (κ2) is 6.74. The zero-order valence-corrected chi connectivity index (χ0v) is 16.8. The van der Waals surface area contributed by atoms with E-state index in [4.69, 9.17) is 0 Å². The van der Waals surface area contributed by atoms with Crippen LogP contribution in [0.3, 0.4) is 0 Å². The Morgan fingerprint density at radius 2 is 1.48 bits per heavy atom. The number of fused-ring (bicyclic) bond motifs is 3. The van der Waals surface area contributed by atoms with Crippen LogP contribution in [0.25, 0.3) is 19.5 Å². The lowest BCUT2D eigenvalue weighted by molar-refractivity contribution is 0.0541. The number of hydrogen-bond acceptors (Lipinski definition) is 5. The molecule has 0 bridgehead atoms. The first-order chi connectivity index (χ1) is 13.2. The van der Waals surface area contributed by atoms with Crippen LogP contribution in [0.1, 0.15) is 19.3 Å². The highest BCUT2D eigenvalue weighted by atomic mass is 32.1. The van der Waals surface area contributed by atoms with Crippen LogP contribution in [0.2, 0.25) is 0 Å². The quantitative estimate of drug-likeness (QED) is 0.476. The molecule has 0 atom stereocenters. The van der Waals surface area contributed by atoms with E-state index in [9.17, 15) is 9.59 Å². The molecule has 1 aromatic carbocycles. The fourth-order valence-electron chi connectivity index (χ4n) is 3.43. The lowest BCUT2D eigenvalue weighted by atomic mass is 10.2. The van der Waals surface area contributed by atoms with Crippen LogP contribution in [0.4, 0.5) is 0 Å². The van der Waals surface area contributed by atoms with Gasteiger partial charge in [-0.3, -0.25) is 9.59 Å². The molecule has 136 valence electrons. The lowest BCUT2D eigenvalue weighted by Crippen LogP contribution is -2.50. The third-order valence-corrected chi connectivity index (χ3v) is 8.11. The SMILES string of the molecule is O=C(c1cccs1)N1CCN(C(=O)c2cc3sc4ccccc4c3s2)CC1. The van der Waals surface area contributed by atoms with Crippen LogP contribution in [0.5, 0.6) is 0 Å². The van der Waals surface area contributed by atoms with Crippen LogP contribution in [0, 0.1) is 0 Å². The fraction of sp³-hybridized carbons (Fsp3) is 0.200. The van der Waals surface area contributed by atoms with E-state index in [1.54, 1.807) is 22.7 Å². The summed E-state index contributed by atoms with van der Waals surface area (Å²) in [5.41, 5.74) is 0. The number of amides is 2. The Morgan fingerprint density at radius 1 is 0.778 bits per heavy atom. The molecule has 0 aliphatic carbocycles. The van der Waals surface area contributed by atoms with E-state index < -0.39 is 0 Å². The summed E-state index contributed by atoms with van der Waals surface area (Å²) in [5, 5.41) is 3.15. The predicted octanol–water partition coefficient (Wildman–Crippen LogP) is 4.78. The van der Waals surface area contributed by atoms with Crippen molar-refractivity contribution in [3.8, 4) is 0 Å². The number of rotatable bonds is 2. The van der Waals surface area contributed by atoms with E-state index in [0.29, 0.717) is 26.2 Å². The number of benzene rings is 1. The molecule has 1 saturated heterocycles. The first-order valence-electron chi connectivity index (χ1n) is 8.74. The Kier molecular flexibility index (Phi) is 4.22. The monoisotopic (exact) mass is 412 g/mol. The summed E-state index contributed by atoms with van der Waals surface area (Å²) >= 11 is 4.78. The highest BCUT2D eigenvalue weighted by molar-refractivity contribution is 7.33. The summed E-state index contributed by atoms with van der Waals surface area (Å²) in [5.74, 6) is 0.149. The average Bonchev–Trinajstić information content (AvgIpc) is 3.43. The van der Waals surface area contributed by atoms with Gasteiger partial charge in [0.2, 0.25) is 0 Å². The van der Waals surface area contributed by atoms with E-state index in [-0.39, 0.29) is 11.8 Å². The van der Waals surface area contributed by atoms with Crippen LogP contribution in [0.15, 0.2) is 47.8 Å². The molecule has 1 aliphatic rings. The Labute approximate surface area is 168 Å². The van der Waals surface area contributed by atoms with E-state index in [0.717, 1.165) is 9.75 Å². The van der Waals surface area contributed by atoms with Gasteiger partial charge in [0.15, 0.2) is 0 Å². The van der Waals surface area contributed by atoms with Gasteiger partial charge in [-0.15, -0.1) is 34.0 Å². The molecule has 0 N–H and O–H groups in total. The third kappa shape index (κ3) is 2.96. The minimum Gasteiger partial charge on any atom is -0.334 e. The molecular weight excluding hydrogens is 396 g/mol. The number of carbonyl (C=O) groups is 2. The number of hydrogen-bond donors (Lipinski definition) is 0. The van der Waals surface area contributed by atoms with Crippen molar-refractivity contribution in [2.45, 2.75) is 0 Å². The molecule has 0 unspecified atom stereocenters. The molecule has 5 rings (SSSR count). The normalized spacial score (nSPS) is 15.0. The van der Waals surface area contributed by atoms with E-state index in [1.807, 2.05) is 45.5 Å². The summed E-state index contributed by atoms with van der Waals surface area (Å²) < 4.78 is 3.64. The van der Waals surface area contributed by atoms with Crippen molar-refractivity contribution in [3.63, 3.8) is 0 Å². The summed E-state index contributed by atoms with van der Waals surface area (Å²) in [6, 6.07) is 14.1. The highest BCUT2D eigenvalue weighted by Crippen LogP contribution is 2.39. The zero-order chi connectivity index (χ0) is 18.4. The molecule has 1 aliphatic heterocycles. The summed E-state index contributed by atoms with van der Waals surface area (Å²) in [7, 11) is 0. The van der Waals surface area contributed by atoms with Gasteiger partial charge < -0.3 is 9.80 Å². The minimum atomic E-state index is 0.0696. The molecule has 3 aromatic heterocycles. The zero-order valence-electron chi connectivity index (χ0n) is 14.4. The smallest absolute Gasteiger partial charge is 0.264 e. The molecule has 4 nitrogen and oxygen atoms in total. The van der Waals surface area contributed by atoms with Gasteiger partial charge >= 0.3 is 0 Å². The molecule has 4 heterocycles. The predicted molar refractivity (Wildman–Crippen MR) is 113 cm³/mol. The first kappa shape index (κ1) is 16.9. The number of nitrogens with zero attached hydrogens (tertiary/aromatic N) is 2. The molecule has 0 spiro atoms. The van der Waals surface area contributed by atoms with Gasteiger partial charge in [0, 0.05) is 41.0 Å². The largest absolute Gasteiger partial charge is 0.334 e. The van der Waals surface area contributed by atoms with E-state index in [2.05, 4.69) is 12.1 Å². The second-order valence-electron chi connectivity index (χ2n) is 6.46. The molecule has 7 heteroatoms. The van der Waals surface area contributed by atoms with Crippen molar-refractivity contribution in [1.29, 1.82) is 0 Å². The number of thiophene rings is 3. The Bertz CT molecular complexity index is 1130. The van der Waals surface area contributed by atoms with Crippen molar-refractivity contribution in [2.75, 3.05) is 26.2 Å². The molecular formula is C20H16N2O2S3. The summed E-state index contributed by atoms with van der Waals surface area (Å²) in [4.78, 5) is 30.7. The van der Waals surface area contributed by atoms with Crippen LogP contribution in [-0.2, 0) is 0 Å². The highest BCUT2D eigenvalue weighted by Gasteiger charge is 2.27. The lowest BCUT2D eigenvalue weighted by Gasteiger charge is -2.34. The maximum Gasteiger partial charge on any atom is 0.264 e. The molecule has 1 fully saturated rings. The maximum absolute atomic E-state index is 12.9. The number of carbonyl (C=O) groups excluding carboxylic acids is 2. The number of piperazine rings is 1. The average molecular weight is 413 g/mol. The van der Waals surface area contributed by atoms with Crippen molar-refractivity contribution in [3.05, 3.63) is 57.6 Å². The second-order valence-corrected chi connectivity index (χ2v) is 9.55. The Balaban J connectivity index is 1.32. The van der Waals surface area contributed by atoms with Gasteiger partial charge in [-0.1, -0.05) is 24.3 Å². The molecule has 27 heavy (non-hydrogen) atoms. The first-order valence-corrected chi connectivity index (χ1v) is 11.2. The van der Waals surface area contributed by atoms with Gasteiger partial charge in [-0.2, -0.15) is 0 Å². The van der Waals surface area contributed by atoms with Crippen molar-refractivity contribution in [1.82, 2.24) is 9.80 Å². The Morgan fingerprint density at radius 3 is 2.19 bits per heavy atom. The van der Waals surface area contributed by atoms with E-state index >= 15 is 0 Å². The van der Waals surface area contributed by atoms with E-state index in [1.165, 1.54) is 30.8 Å². The van der Waals surface area contributed by atoms with Crippen molar-refractivity contribution in [2.24, 2.45) is 0 Å². The van der Waals surface area contributed by atoms with Gasteiger partial charge in [-0.05, 0) is 23.6 Å². The Hall–Kier alpha value is -2.22. The fourth-order valence-corrected chi connectivity index (χ4v) is 6.61. The van der Waals surface area contributed by atoms with Gasteiger partial charge in [-0.25, -0.2) is 0 Å². The topological polar surface area (TPSA) is 40.6 Å². The summed E-state index contributed by atoms with van der Waals surface area (Å²) in [6.07, 6.45) is 0. The van der Waals surface area contributed by atoms with Crippen LogP contribution in [-0.4, -0.2) is 47.8 Å². The standard InChI is InChI=1S/C20H16N2O2S3/c23-19(15-6-3-11-25-15)21-7-9-22(10-8-21)20(24)17-12-16-18(27-17)13-4-1-2-5-14(13)26-16/h1-6,11-12H,7-10H2.